The monoisotopic (exact) mass is 259 g/mol. The first-order valence-electron chi connectivity index (χ1n) is 5.41. The van der Waals surface area contributed by atoms with Crippen LogP contribution in [0.3, 0.4) is 0 Å². The zero-order valence-corrected chi connectivity index (χ0v) is 11.1. The topological polar surface area (TPSA) is 58.4 Å². The highest BCUT2D eigenvalue weighted by Crippen LogP contribution is 2.29. The van der Waals surface area contributed by atoms with E-state index in [0.29, 0.717) is 23.5 Å². The predicted octanol–water partition coefficient (Wildman–Crippen LogP) is 0.895. The minimum atomic E-state index is -1.28. The first kappa shape index (κ1) is 14.2. The van der Waals surface area contributed by atoms with Crippen LogP contribution in [0.5, 0.6) is 0 Å². The first-order chi connectivity index (χ1) is 7.88. The quantitative estimate of drug-likeness (QED) is 0.771. The highest BCUT2D eigenvalue weighted by atomic mass is 35.5. The maximum Gasteiger partial charge on any atom is 0.123 e. The van der Waals surface area contributed by atoms with Crippen molar-refractivity contribution in [2.24, 2.45) is 0 Å². The van der Waals surface area contributed by atoms with Crippen molar-refractivity contribution >= 4 is 17.9 Å². The van der Waals surface area contributed by atoms with Crippen LogP contribution >= 0.6 is 11.6 Å². The molecule has 0 spiro atoms. The van der Waals surface area contributed by atoms with E-state index in [4.69, 9.17) is 11.6 Å². The number of aromatic nitrogens is 2. The molecule has 17 heavy (non-hydrogen) atoms. The molecule has 1 N–H and O–H groups in total. The molecule has 1 aromatic rings. The van der Waals surface area contributed by atoms with Gasteiger partial charge in [0.15, 0.2) is 0 Å². The lowest BCUT2D eigenvalue weighted by Gasteiger charge is -2.23. The van der Waals surface area contributed by atoms with Gasteiger partial charge in [0, 0.05) is 13.0 Å². The minimum Gasteiger partial charge on any atom is -0.383 e. The number of hydrogen-bond donors (Lipinski definition) is 1. The Kier molecular flexibility index (Phi) is 4.68. The molecule has 0 radical (unpaired) electrons. The van der Waals surface area contributed by atoms with E-state index < -0.39 is 5.60 Å². The van der Waals surface area contributed by atoms with Crippen LogP contribution in [0.2, 0.25) is 5.02 Å². The fraction of sp³-hybridized carbons (Fsp3) is 0.636. The number of hydrogen-bond acceptors (Lipinski definition) is 4. The van der Waals surface area contributed by atoms with Gasteiger partial charge in [-0.2, -0.15) is 5.10 Å². The number of likely N-dealkylation sites (N-methyl/N-ethyl adjacent to an activating group) is 1. The van der Waals surface area contributed by atoms with Crippen molar-refractivity contribution in [3.8, 4) is 0 Å². The molecule has 0 saturated carbocycles. The maximum absolute atomic E-state index is 10.6. The molecule has 0 aromatic carbocycles. The van der Waals surface area contributed by atoms with E-state index in [1.807, 2.05) is 19.0 Å². The summed E-state index contributed by atoms with van der Waals surface area (Å²) in [6, 6.07) is 0. The third-order valence-corrected chi connectivity index (χ3v) is 2.82. The summed E-state index contributed by atoms with van der Waals surface area (Å²) < 4.78 is 1.64. The Bertz CT molecular complexity index is 388. The highest BCUT2D eigenvalue weighted by Gasteiger charge is 2.29. The first-order valence-corrected chi connectivity index (χ1v) is 5.79. The number of aldehydes is 1. The molecule has 0 fully saturated rings. The number of rotatable bonds is 6. The largest absolute Gasteiger partial charge is 0.383 e. The summed E-state index contributed by atoms with van der Waals surface area (Å²) in [5.74, 6) is 0. The second-order valence-electron chi connectivity index (χ2n) is 4.51. The highest BCUT2D eigenvalue weighted by molar-refractivity contribution is 6.31. The Morgan fingerprint density at radius 2 is 2.29 bits per heavy atom. The molecule has 96 valence electrons. The molecule has 0 amide bonds. The molecular formula is C11H18ClN3O2. The minimum absolute atomic E-state index is 0.000375. The molecule has 6 heteroatoms. The summed E-state index contributed by atoms with van der Waals surface area (Å²) in [6.07, 6.45) is 2.17. The predicted molar refractivity (Wildman–Crippen MR) is 66.0 cm³/mol. The van der Waals surface area contributed by atoms with Crippen LogP contribution in [-0.2, 0) is 16.9 Å². The van der Waals surface area contributed by atoms with Crippen molar-refractivity contribution in [2.75, 3.05) is 20.6 Å². The van der Waals surface area contributed by atoms with E-state index in [1.165, 1.54) is 6.20 Å². The van der Waals surface area contributed by atoms with E-state index in [2.05, 4.69) is 5.10 Å². The SMILES string of the molecule is CN(C)CCn1ncc(Cl)c1C(C)(O)CC=O. The molecule has 0 bridgehead atoms. The third-order valence-electron chi connectivity index (χ3n) is 2.54. The zero-order chi connectivity index (χ0) is 13.1. The molecule has 0 aliphatic heterocycles. The van der Waals surface area contributed by atoms with Crippen LogP contribution in [0.15, 0.2) is 6.20 Å². The summed E-state index contributed by atoms with van der Waals surface area (Å²) in [4.78, 5) is 12.6. The van der Waals surface area contributed by atoms with Gasteiger partial charge in [-0.25, -0.2) is 0 Å². The fourth-order valence-corrected chi connectivity index (χ4v) is 1.97. The van der Waals surface area contributed by atoms with Gasteiger partial charge in [-0.15, -0.1) is 0 Å². The summed E-state index contributed by atoms with van der Waals surface area (Å²) in [7, 11) is 3.91. The Balaban J connectivity index is 2.97. The van der Waals surface area contributed by atoms with Gasteiger partial charge >= 0.3 is 0 Å². The van der Waals surface area contributed by atoms with Gasteiger partial charge in [0.2, 0.25) is 0 Å². The second kappa shape index (κ2) is 5.62. The smallest absolute Gasteiger partial charge is 0.123 e. The molecule has 0 aliphatic rings. The standard InChI is InChI=1S/C11H18ClN3O2/c1-11(17,4-7-16)10-9(12)8-13-15(10)6-5-14(2)3/h7-8,17H,4-6H2,1-3H3. The Morgan fingerprint density at radius 1 is 1.65 bits per heavy atom. The van der Waals surface area contributed by atoms with E-state index >= 15 is 0 Å². The zero-order valence-electron chi connectivity index (χ0n) is 10.4. The Labute approximate surface area is 106 Å². The molecule has 0 aliphatic carbocycles. The lowest BCUT2D eigenvalue weighted by Crippen LogP contribution is -2.29. The van der Waals surface area contributed by atoms with Crippen molar-refractivity contribution in [3.05, 3.63) is 16.9 Å². The van der Waals surface area contributed by atoms with E-state index in [9.17, 15) is 9.90 Å². The van der Waals surface area contributed by atoms with Gasteiger partial charge in [-0.3, -0.25) is 4.68 Å². The van der Waals surface area contributed by atoms with Gasteiger partial charge in [0.25, 0.3) is 0 Å². The van der Waals surface area contributed by atoms with Gasteiger partial charge < -0.3 is 14.8 Å². The van der Waals surface area contributed by atoms with Crippen molar-refractivity contribution < 1.29 is 9.90 Å². The maximum atomic E-state index is 10.6. The van der Waals surface area contributed by atoms with Crippen LogP contribution in [0.1, 0.15) is 19.0 Å². The normalized spacial score (nSPS) is 14.9. The summed E-state index contributed by atoms with van der Waals surface area (Å²) in [5.41, 5.74) is -0.783. The van der Waals surface area contributed by atoms with Crippen molar-refractivity contribution in [1.29, 1.82) is 0 Å². The van der Waals surface area contributed by atoms with Crippen LogP contribution in [-0.4, -0.2) is 46.7 Å². The van der Waals surface area contributed by atoms with Gasteiger partial charge in [0.1, 0.15) is 11.9 Å². The lowest BCUT2D eigenvalue weighted by atomic mass is 9.99. The summed E-state index contributed by atoms with van der Waals surface area (Å²) in [6.45, 7) is 2.96. The van der Waals surface area contributed by atoms with E-state index in [-0.39, 0.29) is 6.42 Å². The molecule has 1 heterocycles. The number of carbonyl (C=O) groups excluding carboxylic acids is 1. The van der Waals surface area contributed by atoms with Crippen LogP contribution in [0, 0.1) is 0 Å². The average molecular weight is 260 g/mol. The number of carbonyl (C=O) groups is 1. The summed E-state index contributed by atoms with van der Waals surface area (Å²) >= 11 is 6.01. The number of aliphatic hydroxyl groups is 1. The lowest BCUT2D eigenvalue weighted by molar-refractivity contribution is -0.112. The second-order valence-corrected chi connectivity index (χ2v) is 4.92. The van der Waals surface area contributed by atoms with Gasteiger partial charge in [0.05, 0.1) is 23.5 Å². The van der Waals surface area contributed by atoms with E-state index in [0.717, 1.165) is 6.54 Å². The molecular weight excluding hydrogens is 242 g/mol. The van der Waals surface area contributed by atoms with Gasteiger partial charge in [-0.1, -0.05) is 11.6 Å². The van der Waals surface area contributed by atoms with Gasteiger partial charge in [-0.05, 0) is 21.0 Å². The molecule has 0 saturated heterocycles. The number of halogens is 1. The fourth-order valence-electron chi connectivity index (χ4n) is 1.62. The Morgan fingerprint density at radius 3 is 2.82 bits per heavy atom. The molecule has 1 unspecified atom stereocenters. The molecule has 1 atom stereocenters. The third kappa shape index (κ3) is 3.52. The molecule has 1 aromatic heterocycles. The van der Waals surface area contributed by atoms with Crippen molar-refractivity contribution in [2.45, 2.75) is 25.5 Å². The van der Waals surface area contributed by atoms with Crippen LogP contribution in [0.4, 0.5) is 0 Å². The van der Waals surface area contributed by atoms with E-state index in [1.54, 1.807) is 11.6 Å². The molecule has 5 nitrogen and oxygen atoms in total. The summed E-state index contributed by atoms with van der Waals surface area (Å²) in [5, 5.41) is 14.7. The van der Waals surface area contributed by atoms with Crippen molar-refractivity contribution in [3.63, 3.8) is 0 Å². The van der Waals surface area contributed by atoms with Crippen LogP contribution < -0.4 is 0 Å². The van der Waals surface area contributed by atoms with Crippen molar-refractivity contribution in [1.82, 2.24) is 14.7 Å². The molecule has 1 rings (SSSR count). The van der Waals surface area contributed by atoms with Crippen LogP contribution in [0.25, 0.3) is 0 Å². The average Bonchev–Trinajstić information content (AvgIpc) is 2.57. The Hall–Kier alpha value is -0.910. The number of nitrogens with zero attached hydrogens (tertiary/aromatic N) is 3.